The van der Waals surface area contributed by atoms with Crippen LogP contribution in [-0.2, 0) is 29.7 Å². The highest BCUT2D eigenvalue weighted by molar-refractivity contribution is 5.80. The summed E-state index contributed by atoms with van der Waals surface area (Å²) in [5, 5.41) is 11.3. The van der Waals surface area contributed by atoms with Gasteiger partial charge in [-0.2, -0.15) is 5.10 Å². The van der Waals surface area contributed by atoms with E-state index in [1.807, 2.05) is 10.7 Å². The largest absolute Gasteiger partial charge is 0.377 e. The molecule has 2 N–H and O–H groups in total. The Morgan fingerprint density at radius 2 is 2.25 bits per heavy atom. The molecule has 1 aromatic heterocycles. The predicted molar refractivity (Wildman–Crippen MR) is 107 cm³/mol. The minimum absolute atomic E-state index is 0.216. The van der Waals surface area contributed by atoms with E-state index in [-0.39, 0.29) is 17.3 Å². The lowest BCUT2D eigenvalue weighted by molar-refractivity contribution is 0.177. The molecule has 0 fully saturated rings. The highest BCUT2D eigenvalue weighted by Crippen LogP contribution is 2.23. The Morgan fingerprint density at radius 3 is 2.96 bits per heavy atom. The first kappa shape index (κ1) is 20.3. The predicted octanol–water partition coefficient (Wildman–Crippen LogP) is 2.02. The number of hydrogen-bond donors (Lipinski definition) is 2. The molecule has 152 valence electrons. The van der Waals surface area contributed by atoms with Gasteiger partial charge in [-0.05, 0) is 24.1 Å². The molecule has 1 aliphatic rings. The van der Waals surface area contributed by atoms with Crippen LogP contribution in [0.2, 0.25) is 0 Å². The normalized spacial score (nSPS) is 17.3. The fourth-order valence-corrected chi connectivity index (χ4v) is 3.37. The van der Waals surface area contributed by atoms with Gasteiger partial charge < -0.3 is 15.4 Å². The molecule has 7 nitrogen and oxygen atoms in total. The summed E-state index contributed by atoms with van der Waals surface area (Å²) in [5.41, 5.74) is 0.714. The molecule has 8 heteroatoms. The molecule has 2 aromatic rings. The third-order valence-electron chi connectivity index (χ3n) is 5.04. The van der Waals surface area contributed by atoms with E-state index in [9.17, 15) is 4.39 Å². The molecule has 28 heavy (non-hydrogen) atoms. The topological polar surface area (TPSA) is 76.4 Å². The molecule has 0 radical (unpaired) electrons. The Balaban J connectivity index is 1.57. The number of ether oxygens (including phenoxy) is 1. The lowest BCUT2D eigenvalue weighted by Gasteiger charge is -2.29. The van der Waals surface area contributed by atoms with Crippen molar-refractivity contribution in [3.05, 3.63) is 47.3 Å². The SMILES string of the molecule is CN=C(NCC(C)(C)c1cccc(F)c1)NC1CCc2nc(COC)nn2C1. The molecule has 0 aliphatic carbocycles. The molecular weight excluding hydrogens is 359 g/mol. The van der Waals surface area contributed by atoms with Gasteiger partial charge >= 0.3 is 0 Å². The van der Waals surface area contributed by atoms with Crippen LogP contribution in [0.25, 0.3) is 0 Å². The number of halogens is 1. The van der Waals surface area contributed by atoms with Gasteiger partial charge in [-0.1, -0.05) is 26.0 Å². The summed E-state index contributed by atoms with van der Waals surface area (Å²) in [6, 6.07) is 6.96. The van der Waals surface area contributed by atoms with E-state index in [0.29, 0.717) is 13.2 Å². The summed E-state index contributed by atoms with van der Waals surface area (Å²) in [6.45, 7) is 5.97. The smallest absolute Gasteiger partial charge is 0.191 e. The molecule has 1 aromatic carbocycles. The van der Waals surface area contributed by atoms with Crippen molar-refractivity contribution in [1.29, 1.82) is 0 Å². The van der Waals surface area contributed by atoms with Crippen LogP contribution < -0.4 is 10.6 Å². The Hall–Kier alpha value is -2.48. The van der Waals surface area contributed by atoms with Gasteiger partial charge in [0.15, 0.2) is 11.8 Å². The molecule has 2 heterocycles. The minimum atomic E-state index is -0.236. The molecule has 1 unspecified atom stereocenters. The number of nitrogens with one attached hydrogen (secondary N) is 2. The van der Waals surface area contributed by atoms with Gasteiger partial charge in [0.1, 0.15) is 18.2 Å². The summed E-state index contributed by atoms with van der Waals surface area (Å²) in [7, 11) is 3.40. The molecule has 0 spiro atoms. The zero-order valence-corrected chi connectivity index (χ0v) is 17.0. The zero-order chi connectivity index (χ0) is 20.1. The Morgan fingerprint density at radius 1 is 1.43 bits per heavy atom. The third-order valence-corrected chi connectivity index (χ3v) is 5.04. The summed E-state index contributed by atoms with van der Waals surface area (Å²) in [5.74, 6) is 2.24. The molecule has 1 aliphatic heterocycles. The van der Waals surface area contributed by atoms with Crippen LogP contribution in [0.4, 0.5) is 4.39 Å². The van der Waals surface area contributed by atoms with Crippen molar-refractivity contribution in [2.24, 2.45) is 4.99 Å². The Kier molecular flexibility index (Phi) is 6.28. The number of benzene rings is 1. The summed E-state index contributed by atoms with van der Waals surface area (Å²) < 4.78 is 20.6. The molecule has 0 bridgehead atoms. The average molecular weight is 388 g/mol. The summed E-state index contributed by atoms with van der Waals surface area (Å²) >= 11 is 0. The second-order valence-electron chi connectivity index (χ2n) is 7.76. The molecule has 0 saturated carbocycles. The van der Waals surface area contributed by atoms with Crippen LogP contribution in [0.5, 0.6) is 0 Å². The van der Waals surface area contributed by atoms with E-state index < -0.39 is 0 Å². The van der Waals surface area contributed by atoms with Crippen molar-refractivity contribution >= 4 is 5.96 Å². The molecule has 3 rings (SSSR count). The quantitative estimate of drug-likeness (QED) is 0.585. The lowest BCUT2D eigenvalue weighted by atomic mass is 9.84. The lowest BCUT2D eigenvalue weighted by Crippen LogP contribution is -2.49. The van der Waals surface area contributed by atoms with Crippen LogP contribution in [0.1, 0.15) is 37.5 Å². The number of methoxy groups -OCH3 is 1. The highest BCUT2D eigenvalue weighted by Gasteiger charge is 2.24. The fourth-order valence-electron chi connectivity index (χ4n) is 3.37. The van der Waals surface area contributed by atoms with Crippen molar-refractivity contribution in [1.82, 2.24) is 25.4 Å². The number of rotatable bonds is 6. The van der Waals surface area contributed by atoms with E-state index in [4.69, 9.17) is 4.74 Å². The maximum Gasteiger partial charge on any atom is 0.191 e. The molecule has 0 amide bonds. The summed E-state index contributed by atoms with van der Waals surface area (Å²) in [4.78, 5) is 8.85. The number of nitrogens with zero attached hydrogens (tertiary/aromatic N) is 4. The first-order valence-corrected chi connectivity index (χ1v) is 9.56. The summed E-state index contributed by atoms with van der Waals surface area (Å²) in [6.07, 6.45) is 1.82. The third kappa shape index (κ3) is 4.86. The van der Waals surface area contributed by atoms with Crippen molar-refractivity contribution < 1.29 is 9.13 Å². The van der Waals surface area contributed by atoms with E-state index in [1.165, 1.54) is 6.07 Å². The highest BCUT2D eigenvalue weighted by atomic mass is 19.1. The van der Waals surface area contributed by atoms with Crippen LogP contribution in [0.3, 0.4) is 0 Å². The van der Waals surface area contributed by atoms with Gasteiger partial charge in [-0.3, -0.25) is 4.99 Å². The average Bonchev–Trinajstić information content (AvgIpc) is 3.07. The Labute approximate surface area is 165 Å². The molecule has 1 atom stereocenters. The van der Waals surface area contributed by atoms with Gasteiger partial charge in [-0.25, -0.2) is 14.1 Å². The van der Waals surface area contributed by atoms with Crippen molar-refractivity contribution in [3.8, 4) is 0 Å². The number of fused-ring (bicyclic) bond motifs is 1. The van der Waals surface area contributed by atoms with Gasteiger partial charge in [0.05, 0.1) is 6.54 Å². The molecule has 0 saturated heterocycles. The first-order valence-electron chi connectivity index (χ1n) is 9.56. The zero-order valence-electron chi connectivity index (χ0n) is 17.0. The second kappa shape index (κ2) is 8.68. The number of hydrogen-bond acceptors (Lipinski definition) is 4. The van der Waals surface area contributed by atoms with Gasteiger partial charge in [0, 0.05) is 38.6 Å². The maximum atomic E-state index is 13.6. The van der Waals surface area contributed by atoms with Gasteiger partial charge in [0.25, 0.3) is 0 Å². The monoisotopic (exact) mass is 388 g/mol. The van der Waals surface area contributed by atoms with E-state index in [2.05, 4.69) is 39.6 Å². The Bertz CT molecular complexity index is 832. The first-order chi connectivity index (χ1) is 13.4. The van der Waals surface area contributed by atoms with Crippen LogP contribution in [0.15, 0.2) is 29.3 Å². The van der Waals surface area contributed by atoms with Crippen molar-refractivity contribution in [2.45, 2.75) is 51.3 Å². The number of aryl methyl sites for hydroxylation is 1. The van der Waals surface area contributed by atoms with E-state index >= 15 is 0 Å². The number of aliphatic imine (C=N–C) groups is 1. The van der Waals surface area contributed by atoms with Crippen molar-refractivity contribution in [2.75, 3.05) is 20.7 Å². The van der Waals surface area contributed by atoms with Crippen molar-refractivity contribution in [3.63, 3.8) is 0 Å². The van der Waals surface area contributed by atoms with Gasteiger partial charge in [0.2, 0.25) is 0 Å². The standard InChI is InChI=1S/C20H29FN6O/c1-20(2,14-6-5-7-15(21)10-14)13-23-19(22-3)24-16-8-9-18-25-17(12-28-4)26-27(18)11-16/h5-7,10,16H,8-9,11-13H2,1-4H3,(H2,22,23,24). The van der Waals surface area contributed by atoms with Crippen LogP contribution >= 0.6 is 0 Å². The van der Waals surface area contributed by atoms with E-state index in [1.54, 1.807) is 26.3 Å². The maximum absolute atomic E-state index is 13.6. The molecular formula is C20H29FN6O. The van der Waals surface area contributed by atoms with Crippen LogP contribution in [0, 0.1) is 5.82 Å². The number of aromatic nitrogens is 3. The number of guanidine groups is 1. The minimum Gasteiger partial charge on any atom is -0.377 e. The fraction of sp³-hybridized carbons (Fsp3) is 0.550. The van der Waals surface area contributed by atoms with Gasteiger partial charge in [-0.15, -0.1) is 0 Å². The van der Waals surface area contributed by atoms with Crippen LogP contribution in [-0.4, -0.2) is 47.5 Å². The van der Waals surface area contributed by atoms with E-state index in [0.717, 1.165) is 42.6 Å². The second-order valence-corrected chi connectivity index (χ2v) is 7.76.